The Morgan fingerprint density at radius 3 is 2.33 bits per heavy atom. The molecule has 0 amide bonds. The van der Waals surface area contributed by atoms with E-state index >= 15 is 0 Å². The lowest BCUT2D eigenvalue weighted by atomic mass is 10.0. The molecule has 2 fully saturated rings. The zero-order chi connectivity index (χ0) is 10.8. The van der Waals surface area contributed by atoms with E-state index in [1.165, 1.54) is 38.8 Å². The van der Waals surface area contributed by atoms with Crippen LogP contribution in [0.1, 0.15) is 39.5 Å². The molecule has 4 unspecified atom stereocenters. The molecule has 1 aliphatic carbocycles. The van der Waals surface area contributed by atoms with Gasteiger partial charge in [-0.3, -0.25) is 4.90 Å². The Morgan fingerprint density at radius 2 is 1.87 bits per heavy atom. The molecular weight excluding hydrogens is 184 g/mol. The largest absolute Gasteiger partial charge is 0.315 e. The average Bonchev–Trinajstić information content (AvgIpc) is 2.78. The third-order valence-corrected chi connectivity index (χ3v) is 4.72. The lowest BCUT2D eigenvalue weighted by Crippen LogP contribution is -2.46. The lowest BCUT2D eigenvalue weighted by Gasteiger charge is -2.31. The number of likely N-dealkylation sites (N-methyl/N-ethyl adjacent to an activating group) is 1. The Bertz CT molecular complexity index is 189. The number of rotatable bonds is 4. The average molecular weight is 210 g/mol. The maximum absolute atomic E-state index is 3.45. The molecule has 0 aromatic heterocycles. The summed E-state index contributed by atoms with van der Waals surface area (Å²) in [5, 5.41) is 3.45. The molecule has 2 heteroatoms. The van der Waals surface area contributed by atoms with Crippen molar-refractivity contribution in [1.82, 2.24) is 10.2 Å². The van der Waals surface area contributed by atoms with Crippen LogP contribution in [-0.2, 0) is 0 Å². The first-order valence-electron chi connectivity index (χ1n) is 6.67. The van der Waals surface area contributed by atoms with Gasteiger partial charge in [-0.05, 0) is 45.1 Å². The molecule has 1 saturated carbocycles. The van der Waals surface area contributed by atoms with E-state index in [4.69, 9.17) is 0 Å². The predicted molar refractivity (Wildman–Crippen MR) is 65.0 cm³/mol. The molecule has 0 radical (unpaired) electrons. The van der Waals surface area contributed by atoms with E-state index in [9.17, 15) is 0 Å². The molecule has 2 rings (SSSR count). The molecule has 1 aliphatic heterocycles. The third-order valence-electron chi connectivity index (χ3n) is 4.72. The van der Waals surface area contributed by atoms with Crippen molar-refractivity contribution in [1.29, 1.82) is 0 Å². The number of hydrogen-bond donors (Lipinski definition) is 1. The first-order valence-corrected chi connectivity index (χ1v) is 6.67. The fraction of sp³-hybridized carbons (Fsp3) is 1.00. The molecule has 0 bridgehead atoms. The van der Waals surface area contributed by atoms with Crippen LogP contribution in [0, 0.1) is 11.8 Å². The minimum Gasteiger partial charge on any atom is -0.315 e. The van der Waals surface area contributed by atoms with E-state index < -0.39 is 0 Å². The van der Waals surface area contributed by atoms with Gasteiger partial charge in [0.2, 0.25) is 0 Å². The molecule has 2 aliphatic rings. The summed E-state index contributed by atoms with van der Waals surface area (Å²) in [5.41, 5.74) is 0. The van der Waals surface area contributed by atoms with Gasteiger partial charge >= 0.3 is 0 Å². The van der Waals surface area contributed by atoms with E-state index in [0.29, 0.717) is 12.1 Å². The van der Waals surface area contributed by atoms with Gasteiger partial charge in [-0.15, -0.1) is 0 Å². The van der Waals surface area contributed by atoms with Gasteiger partial charge in [0.1, 0.15) is 0 Å². The number of nitrogens with one attached hydrogen (secondary N) is 1. The fourth-order valence-corrected chi connectivity index (χ4v) is 3.64. The molecule has 1 saturated heterocycles. The first kappa shape index (κ1) is 11.4. The van der Waals surface area contributed by atoms with Gasteiger partial charge in [-0.1, -0.05) is 13.3 Å². The van der Waals surface area contributed by atoms with Crippen LogP contribution in [-0.4, -0.2) is 37.1 Å². The number of nitrogens with zero attached hydrogens (tertiary/aromatic N) is 1. The molecule has 2 nitrogen and oxygen atoms in total. The van der Waals surface area contributed by atoms with Gasteiger partial charge in [-0.25, -0.2) is 0 Å². The van der Waals surface area contributed by atoms with Crippen molar-refractivity contribution in [3.63, 3.8) is 0 Å². The summed E-state index contributed by atoms with van der Waals surface area (Å²) in [6, 6.07) is 1.38. The summed E-state index contributed by atoms with van der Waals surface area (Å²) < 4.78 is 0. The standard InChI is InChI=1S/C13H26N2/c1-4-13(14-3)10(2)15-8-11-6-5-7-12(11)9-15/h10-14H,4-9H2,1-3H3. The third kappa shape index (κ3) is 2.21. The second-order valence-electron chi connectivity index (χ2n) is 5.45. The molecular formula is C13H26N2. The van der Waals surface area contributed by atoms with E-state index in [-0.39, 0.29) is 0 Å². The molecule has 15 heavy (non-hydrogen) atoms. The zero-order valence-corrected chi connectivity index (χ0v) is 10.5. The SMILES string of the molecule is CCC(NC)C(C)N1CC2CCCC2C1. The number of likely N-dealkylation sites (tertiary alicyclic amines) is 1. The molecule has 0 aromatic carbocycles. The number of fused-ring (bicyclic) bond motifs is 1. The summed E-state index contributed by atoms with van der Waals surface area (Å²) in [4.78, 5) is 2.72. The van der Waals surface area contributed by atoms with Gasteiger partial charge < -0.3 is 5.32 Å². The van der Waals surface area contributed by atoms with Crippen LogP contribution >= 0.6 is 0 Å². The Morgan fingerprint density at radius 1 is 1.27 bits per heavy atom. The fourth-order valence-electron chi connectivity index (χ4n) is 3.64. The van der Waals surface area contributed by atoms with Crippen molar-refractivity contribution in [3.05, 3.63) is 0 Å². The van der Waals surface area contributed by atoms with Crippen molar-refractivity contribution in [2.24, 2.45) is 11.8 Å². The van der Waals surface area contributed by atoms with Crippen LogP contribution < -0.4 is 5.32 Å². The second kappa shape index (κ2) is 4.84. The van der Waals surface area contributed by atoms with Crippen LogP contribution in [0.2, 0.25) is 0 Å². The van der Waals surface area contributed by atoms with E-state index in [1.54, 1.807) is 0 Å². The van der Waals surface area contributed by atoms with Crippen LogP contribution in [0.25, 0.3) is 0 Å². The predicted octanol–water partition coefficient (Wildman–Crippen LogP) is 2.10. The van der Waals surface area contributed by atoms with Crippen molar-refractivity contribution < 1.29 is 0 Å². The van der Waals surface area contributed by atoms with Gasteiger partial charge in [0.15, 0.2) is 0 Å². The highest BCUT2D eigenvalue weighted by Gasteiger charge is 2.38. The smallest absolute Gasteiger partial charge is 0.0221 e. The minimum atomic E-state index is 0.670. The lowest BCUT2D eigenvalue weighted by molar-refractivity contribution is 0.193. The van der Waals surface area contributed by atoms with E-state index in [2.05, 4.69) is 31.1 Å². The Balaban J connectivity index is 1.89. The maximum atomic E-state index is 3.45. The molecule has 0 spiro atoms. The van der Waals surface area contributed by atoms with E-state index in [0.717, 1.165) is 11.8 Å². The number of hydrogen-bond acceptors (Lipinski definition) is 2. The van der Waals surface area contributed by atoms with Crippen LogP contribution in [0.15, 0.2) is 0 Å². The van der Waals surface area contributed by atoms with Gasteiger partial charge in [0.05, 0.1) is 0 Å². The maximum Gasteiger partial charge on any atom is 0.0221 e. The van der Waals surface area contributed by atoms with Crippen molar-refractivity contribution in [3.8, 4) is 0 Å². The van der Waals surface area contributed by atoms with Crippen molar-refractivity contribution >= 4 is 0 Å². The molecule has 4 atom stereocenters. The quantitative estimate of drug-likeness (QED) is 0.764. The Kier molecular flexibility index (Phi) is 3.68. The normalized spacial score (nSPS) is 35.4. The van der Waals surface area contributed by atoms with E-state index in [1.807, 2.05) is 0 Å². The van der Waals surface area contributed by atoms with Crippen molar-refractivity contribution in [2.45, 2.75) is 51.6 Å². The molecule has 88 valence electrons. The Labute approximate surface area is 94.4 Å². The topological polar surface area (TPSA) is 15.3 Å². The van der Waals surface area contributed by atoms with Crippen LogP contribution in [0.4, 0.5) is 0 Å². The van der Waals surface area contributed by atoms with Crippen LogP contribution in [0.5, 0.6) is 0 Å². The highest BCUT2D eigenvalue weighted by atomic mass is 15.2. The first-order chi connectivity index (χ1) is 7.26. The van der Waals surface area contributed by atoms with Gasteiger partial charge in [0.25, 0.3) is 0 Å². The summed E-state index contributed by atoms with van der Waals surface area (Å²) in [7, 11) is 2.10. The minimum absolute atomic E-state index is 0.670. The highest BCUT2D eigenvalue weighted by Crippen LogP contribution is 2.38. The van der Waals surface area contributed by atoms with Crippen molar-refractivity contribution in [2.75, 3.05) is 20.1 Å². The molecule has 1 N–H and O–H groups in total. The zero-order valence-electron chi connectivity index (χ0n) is 10.5. The second-order valence-corrected chi connectivity index (χ2v) is 5.45. The summed E-state index contributed by atoms with van der Waals surface area (Å²) in [5.74, 6) is 2.06. The molecule has 0 aromatic rings. The summed E-state index contributed by atoms with van der Waals surface area (Å²) in [6.45, 7) is 7.41. The van der Waals surface area contributed by atoms with Gasteiger partial charge in [-0.2, -0.15) is 0 Å². The molecule has 1 heterocycles. The summed E-state index contributed by atoms with van der Waals surface area (Å²) >= 11 is 0. The monoisotopic (exact) mass is 210 g/mol. The highest BCUT2D eigenvalue weighted by molar-refractivity contribution is 4.92. The Hall–Kier alpha value is -0.0800. The van der Waals surface area contributed by atoms with Crippen LogP contribution in [0.3, 0.4) is 0 Å². The van der Waals surface area contributed by atoms with Gasteiger partial charge in [0, 0.05) is 25.2 Å². The summed E-state index contributed by atoms with van der Waals surface area (Å²) in [6.07, 6.45) is 5.71.